The molecule has 4 rings (SSSR count). The van der Waals surface area contributed by atoms with Crippen LogP contribution in [-0.4, -0.2) is 59.4 Å². The maximum absolute atomic E-state index is 11.4. The van der Waals surface area contributed by atoms with Gasteiger partial charge < -0.3 is 14.9 Å². The quantitative estimate of drug-likeness (QED) is 0.830. The lowest BCUT2D eigenvalue weighted by atomic mass is 10.1. The van der Waals surface area contributed by atoms with Gasteiger partial charge in [0.1, 0.15) is 0 Å². The van der Waals surface area contributed by atoms with Crippen LogP contribution in [0.25, 0.3) is 0 Å². The molecule has 0 atom stereocenters. The van der Waals surface area contributed by atoms with Crippen molar-refractivity contribution < 1.29 is 9.90 Å². The Morgan fingerprint density at radius 2 is 1.54 bits per heavy atom. The first-order chi connectivity index (χ1) is 13.3. The largest absolute Gasteiger partial charge is 0.465 e. The van der Waals surface area contributed by atoms with E-state index in [0.29, 0.717) is 13.1 Å². The SMILES string of the molecule is CC(C)(C)N1C2=C(CCN(C(=O)O)CC2)CN1c1ccc(N2CCCC2)cc1. The van der Waals surface area contributed by atoms with Gasteiger partial charge in [0.15, 0.2) is 0 Å². The molecule has 1 aromatic carbocycles. The summed E-state index contributed by atoms with van der Waals surface area (Å²) in [5.74, 6) is 0. The fraction of sp³-hybridized carbons (Fsp3) is 0.591. The van der Waals surface area contributed by atoms with Crippen LogP contribution in [0, 0.1) is 0 Å². The maximum atomic E-state index is 11.4. The van der Waals surface area contributed by atoms with Gasteiger partial charge in [0.25, 0.3) is 0 Å². The van der Waals surface area contributed by atoms with Crippen LogP contribution in [0.4, 0.5) is 16.2 Å². The van der Waals surface area contributed by atoms with Crippen molar-refractivity contribution in [1.82, 2.24) is 9.91 Å². The third kappa shape index (κ3) is 3.52. The van der Waals surface area contributed by atoms with Gasteiger partial charge in [-0.05, 0) is 69.9 Å². The van der Waals surface area contributed by atoms with Crippen molar-refractivity contribution in [2.45, 2.75) is 52.0 Å². The molecule has 0 radical (unpaired) electrons. The van der Waals surface area contributed by atoms with Gasteiger partial charge in [0.2, 0.25) is 0 Å². The van der Waals surface area contributed by atoms with E-state index in [1.54, 1.807) is 4.90 Å². The van der Waals surface area contributed by atoms with Gasteiger partial charge in [-0.2, -0.15) is 0 Å². The third-order valence-corrected chi connectivity index (χ3v) is 6.07. The predicted octanol–water partition coefficient (Wildman–Crippen LogP) is 4.15. The summed E-state index contributed by atoms with van der Waals surface area (Å²) < 4.78 is 0. The van der Waals surface area contributed by atoms with Crippen LogP contribution < -0.4 is 9.91 Å². The highest BCUT2D eigenvalue weighted by Gasteiger charge is 2.38. The zero-order chi connectivity index (χ0) is 19.9. The average molecular weight is 385 g/mol. The van der Waals surface area contributed by atoms with Crippen LogP contribution in [0.5, 0.6) is 0 Å². The molecule has 3 aliphatic rings. The lowest BCUT2D eigenvalue weighted by Crippen LogP contribution is -2.49. The Kier molecular flexibility index (Phi) is 4.89. The minimum Gasteiger partial charge on any atom is -0.465 e. The second-order valence-electron chi connectivity index (χ2n) is 9.07. The highest BCUT2D eigenvalue weighted by atomic mass is 16.4. The lowest BCUT2D eigenvalue weighted by molar-refractivity contribution is 0.142. The summed E-state index contributed by atoms with van der Waals surface area (Å²) in [7, 11) is 0. The molecule has 1 aromatic rings. The third-order valence-electron chi connectivity index (χ3n) is 6.07. The number of hydrogen-bond acceptors (Lipinski definition) is 4. The molecule has 1 saturated heterocycles. The fourth-order valence-corrected chi connectivity index (χ4v) is 4.74. The van der Waals surface area contributed by atoms with E-state index in [4.69, 9.17) is 0 Å². The molecule has 1 N–H and O–H groups in total. The number of hydrogen-bond donors (Lipinski definition) is 1. The minimum absolute atomic E-state index is 0.0664. The van der Waals surface area contributed by atoms with Gasteiger partial charge >= 0.3 is 6.09 Å². The zero-order valence-electron chi connectivity index (χ0n) is 17.3. The number of amides is 1. The Bertz CT molecular complexity index is 760. The number of rotatable bonds is 2. The number of hydrazine groups is 1. The summed E-state index contributed by atoms with van der Waals surface area (Å²) in [6, 6.07) is 8.97. The van der Waals surface area contributed by atoms with E-state index in [2.05, 4.69) is 60.0 Å². The topological polar surface area (TPSA) is 50.3 Å². The van der Waals surface area contributed by atoms with E-state index in [1.807, 2.05) is 0 Å². The van der Waals surface area contributed by atoms with Crippen molar-refractivity contribution in [2.24, 2.45) is 0 Å². The molecule has 0 spiro atoms. The first-order valence-electron chi connectivity index (χ1n) is 10.5. The van der Waals surface area contributed by atoms with Crippen LogP contribution >= 0.6 is 0 Å². The Hall–Kier alpha value is -2.37. The Labute approximate surface area is 168 Å². The van der Waals surface area contributed by atoms with E-state index >= 15 is 0 Å². The van der Waals surface area contributed by atoms with Crippen molar-refractivity contribution >= 4 is 17.5 Å². The lowest BCUT2D eigenvalue weighted by Gasteiger charge is -2.44. The van der Waals surface area contributed by atoms with Crippen LogP contribution in [0.3, 0.4) is 0 Å². The van der Waals surface area contributed by atoms with Crippen molar-refractivity contribution in [2.75, 3.05) is 42.6 Å². The summed E-state index contributed by atoms with van der Waals surface area (Å²) in [5, 5.41) is 14.2. The molecular weight excluding hydrogens is 352 g/mol. The highest BCUT2D eigenvalue weighted by molar-refractivity contribution is 5.65. The number of carbonyl (C=O) groups is 1. The summed E-state index contributed by atoms with van der Waals surface area (Å²) in [6.45, 7) is 11.0. The van der Waals surface area contributed by atoms with Crippen LogP contribution in [0.1, 0.15) is 46.5 Å². The van der Waals surface area contributed by atoms with Gasteiger partial charge in [-0.1, -0.05) is 0 Å². The smallest absolute Gasteiger partial charge is 0.407 e. The van der Waals surface area contributed by atoms with Crippen molar-refractivity contribution in [3.05, 3.63) is 35.5 Å². The summed E-state index contributed by atoms with van der Waals surface area (Å²) in [5.41, 5.74) is 5.14. The molecule has 152 valence electrons. The van der Waals surface area contributed by atoms with Gasteiger partial charge in [0.05, 0.1) is 17.8 Å². The van der Waals surface area contributed by atoms with Crippen LogP contribution in [0.2, 0.25) is 0 Å². The molecule has 28 heavy (non-hydrogen) atoms. The van der Waals surface area contributed by atoms with Crippen molar-refractivity contribution in [1.29, 1.82) is 0 Å². The van der Waals surface area contributed by atoms with E-state index in [0.717, 1.165) is 32.5 Å². The number of nitrogens with zero attached hydrogens (tertiary/aromatic N) is 4. The Balaban J connectivity index is 1.57. The molecule has 6 nitrogen and oxygen atoms in total. The minimum atomic E-state index is -0.808. The first kappa shape index (κ1) is 19.0. The molecule has 6 heteroatoms. The molecule has 0 unspecified atom stereocenters. The normalized spacial score (nSPS) is 20.7. The zero-order valence-corrected chi connectivity index (χ0v) is 17.3. The predicted molar refractivity (Wildman–Crippen MR) is 113 cm³/mol. The Morgan fingerprint density at radius 1 is 0.929 bits per heavy atom. The second kappa shape index (κ2) is 7.22. The van der Waals surface area contributed by atoms with Gasteiger partial charge in [-0.3, -0.25) is 10.0 Å². The van der Waals surface area contributed by atoms with Crippen LogP contribution in [-0.2, 0) is 0 Å². The molecular formula is C22H32N4O2. The van der Waals surface area contributed by atoms with E-state index in [9.17, 15) is 9.90 Å². The molecule has 0 bridgehead atoms. The molecule has 0 aromatic heterocycles. The van der Waals surface area contributed by atoms with E-state index in [-0.39, 0.29) is 5.54 Å². The Morgan fingerprint density at radius 3 is 2.14 bits per heavy atom. The first-order valence-corrected chi connectivity index (χ1v) is 10.5. The van der Waals surface area contributed by atoms with Gasteiger partial charge in [-0.25, -0.2) is 4.79 Å². The standard InChI is InChI=1S/C22H32N4O2/c1-22(2,3)26-20-11-15-24(21(27)28)14-10-17(20)16-25(26)19-8-6-18(7-9-19)23-12-4-5-13-23/h6-9H,4-5,10-16H2,1-3H3,(H,27,28). The number of benzene rings is 1. The molecule has 0 aliphatic carbocycles. The van der Waals surface area contributed by atoms with E-state index in [1.165, 1.54) is 35.5 Å². The van der Waals surface area contributed by atoms with Crippen LogP contribution in [0.15, 0.2) is 35.5 Å². The number of carboxylic acid groups (broad SMARTS) is 1. The molecule has 3 heterocycles. The van der Waals surface area contributed by atoms with Crippen molar-refractivity contribution in [3.8, 4) is 0 Å². The average Bonchev–Trinajstić information content (AvgIpc) is 3.25. The molecule has 0 saturated carbocycles. The monoisotopic (exact) mass is 384 g/mol. The molecule has 3 aliphatic heterocycles. The fourth-order valence-electron chi connectivity index (χ4n) is 4.74. The van der Waals surface area contributed by atoms with Gasteiger partial charge in [-0.15, -0.1) is 0 Å². The van der Waals surface area contributed by atoms with Gasteiger partial charge in [0, 0.05) is 44.0 Å². The van der Waals surface area contributed by atoms with Crippen molar-refractivity contribution in [3.63, 3.8) is 0 Å². The summed E-state index contributed by atoms with van der Waals surface area (Å²) >= 11 is 0. The highest BCUT2D eigenvalue weighted by Crippen LogP contribution is 2.39. The summed E-state index contributed by atoms with van der Waals surface area (Å²) in [6.07, 6.45) is 3.36. The van der Waals surface area contributed by atoms with E-state index < -0.39 is 6.09 Å². The second-order valence-corrected chi connectivity index (χ2v) is 9.07. The number of anilines is 2. The maximum Gasteiger partial charge on any atom is 0.407 e. The molecule has 1 amide bonds. The summed E-state index contributed by atoms with van der Waals surface area (Å²) in [4.78, 5) is 15.4. The molecule has 1 fully saturated rings.